The zero-order valence-corrected chi connectivity index (χ0v) is 15.1. The number of methoxy groups -OCH3 is 1. The lowest BCUT2D eigenvalue weighted by Crippen LogP contribution is -2.76. The fourth-order valence-corrected chi connectivity index (χ4v) is 3.32. The van der Waals surface area contributed by atoms with E-state index in [-0.39, 0.29) is 5.75 Å². The molecule has 5 unspecified atom stereocenters. The molecule has 1 aliphatic carbocycles. The van der Waals surface area contributed by atoms with Crippen LogP contribution in [-0.4, -0.2) is 69.3 Å². The Bertz CT molecular complexity index is 819. The molecule has 5 N–H and O–H groups in total. The molecule has 1 fully saturated rings. The van der Waals surface area contributed by atoms with Gasteiger partial charge in [-0.2, -0.15) is 0 Å². The molecule has 0 aromatic heterocycles. The van der Waals surface area contributed by atoms with Crippen LogP contribution in [0.4, 0.5) is 0 Å². The fraction of sp³-hybridized carbons (Fsp3) is 0.350. The maximum Gasteiger partial charge on any atom is 0.337 e. The van der Waals surface area contributed by atoms with E-state index in [2.05, 4.69) is 4.74 Å². The van der Waals surface area contributed by atoms with Crippen LogP contribution in [0, 0.1) is 5.92 Å². The van der Waals surface area contributed by atoms with E-state index in [1.807, 2.05) is 0 Å². The lowest BCUT2D eigenvalue weighted by Gasteiger charge is -2.53. The summed E-state index contributed by atoms with van der Waals surface area (Å²) < 4.78 is 9.95. The Morgan fingerprint density at radius 1 is 1.07 bits per heavy atom. The summed E-state index contributed by atoms with van der Waals surface area (Å²) in [5.41, 5.74) is -0.0703. The van der Waals surface area contributed by atoms with Crippen molar-refractivity contribution < 1.29 is 39.8 Å². The van der Waals surface area contributed by atoms with Gasteiger partial charge in [-0.3, -0.25) is 0 Å². The van der Waals surface area contributed by atoms with Crippen LogP contribution in [0.2, 0.25) is 0 Å². The Morgan fingerprint density at radius 2 is 1.61 bits per heavy atom. The van der Waals surface area contributed by atoms with E-state index in [0.29, 0.717) is 5.56 Å². The van der Waals surface area contributed by atoms with Gasteiger partial charge in [0.25, 0.3) is 0 Å². The Labute approximate surface area is 161 Å². The Hall–Kier alpha value is -2.49. The maximum atomic E-state index is 11.5. The zero-order chi connectivity index (χ0) is 20.5. The normalized spacial score (nSPS) is 27.6. The first-order chi connectivity index (χ1) is 13.3. The number of hydrogen-bond acceptors (Lipinski definition) is 8. The first kappa shape index (κ1) is 20.2. The molecule has 28 heavy (non-hydrogen) atoms. The van der Waals surface area contributed by atoms with Gasteiger partial charge in [0.05, 0.1) is 25.4 Å². The molecular weight excluding hydrogens is 368 g/mol. The van der Waals surface area contributed by atoms with Crippen molar-refractivity contribution in [2.24, 2.45) is 5.92 Å². The summed E-state index contributed by atoms with van der Waals surface area (Å²) in [5.74, 6) is -1.32. The summed E-state index contributed by atoms with van der Waals surface area (Å²) in [7, 11) is 1.31. The summed E-state index contributed by atoms with van der Waals surface area (Å²) in [4.78, 5) is 11.5. The molecule has 1 aliphatic rings. The average Bonchev–Trinajstić information content (AvgIpc) is 2.73. The van der Waals surface area contributed by atoms with Gasteiger partial charge in [0, 0.05) is 5.92 Å². The molecule has 150 valence electrons. The third-order valence-electron chi connectivity index (χ3n) is 5.14. The number of ether oxygens (including phenoxy) is 2. The highest BCUT2D eigenvalue weighted by atomic mass is 16.6. The van der Waals surface area contributed by atoms with Crippen LogP contribution in [-0.2, 0) is 4.74 Å². The predicted octanol–water partition coefficient (Wildman–Crippen LogP) is -0.0876. The van der Waals surface area contributed by atoms with Crippen LogP contribution >= 0.6 is 0 Å². The van der Waals surface area contributed by atoms with E-state index in [1.165, 1.54) is 7.11 Å². The summed E-state index contributed by atoms with van der Waals surface area (Å²) in [5, 5.41) is 49.1. The summed E-state index contributed by atoms with van der Waals surface area (Å²) in [6.07, 6.45) is -4.82. The lowest BCUT2D eigenvalue weighted by atomic mass is 9.64. The van der Waals surface area contributed by atoms with Crippen molar-refractivity contribution in [1.29, 1.82) is 0 Å². The number of esters is 1. The Kier molecular flexibility index (Phi) is 5.69. The molecule has 8 heteroatoms. The van der Waals surface area contributed by atoms with Gasteiger partial charge in [-0.1, -0.05) is 24.3 Å². The van der Waals surface area contributed by atoms with E-state index in [0.717, 1.165) is 11.1 Å². The van der Waals surface area contributed by atoms with Gasteiger partial charge < -0.3 is 35.0 Å². The van der Waals surface area contributed by atoms with Gasteiger partial charge in [-0.25, -0.2) is 4.79 Å². The molecule has 1 saturated carbocycles. The van der Waals surface area contributed by atoms with Crippen LogP contribution < -0.4 is 4.74 Å². The standard InChI is InChI=1S/C20H22O8/c1-27-18(24)13-4-2-11(3-5-13)12-6-8-14(9-7-12)28-19(25)20(26)15(10-21)16(22)17(20)23/h2-9,15-17,19,21-23,25-26H,10H2,1H3. The smallest absolute Gasteiger partial charge is 0.337 e. The van der Waals surface area contributed by atoms with E-state index in [9.17, 15) is 30.3 Å². The highest BCUT2D eigenvalue weighted by molar-refractivity contribution is 5.89. The molecule has 0 bridgehead atoms. The van der Waals surface area contributed by atoms with Crippen molar-refractivity contribution in [2.45, 2.75) is 24.1 Å². The van der Waals surface area contributed by atoms with Crippen molar-refractivity contribution in [3.05, 3.63) is 54.1 Å². The van der Waals surface area contributed by atoms with Crippen molar-refractivity contribution in [3.63, 3.8) is 0 Å². The molecule has 3 rings (SSSR count). The molecule has 0 spiro atoms. The van der Waals surface area contributed by atoms with Crippen molar-refractivity contribution in [3.8, 4) is 16.9 Å². The molecule has 0 amide bonds. The van der Waals surface area contributed by atoms with Gasteiger partial charge in [-0.15, -0.1) is 0 Å². The van der Waals surface area contributed by atoms with Gasteiger partial charge in [0.2, 0.25) is 6.29 Å². The first-order valence-electron chi connectivity index (χ1n) is 8.65. The van der Waals surface area contributed by atoms with Crippen LogP contribution in [0.25, 0.3) is 11.1 Å². The van der Waals surface area contributed by atoms with Gasteiger partial charge in [-0.05, 0) is 35.4 Å². The first-order valence-corrected chi connectivity index (χ1v) is 8.65. The number of rotatable bonds is 6. The van der Waals surface area contributed by atoms with E-state index < -0.39 is 42.6 Å². The molecule has 2 aromatic carbocycles. The second-order valence-electron chi connectivity index (χ2n) is 6.68. The molecule has 0 aliphatic heterocycles. The van der Waals surface area contributed by atoms with Crippen molar-refractivity contribution in [2.75, 3.05) is 13.7 Å². The highest BCUT2D eigenvalue weighted by Gasteiger charge is 2.65. The van der Waals surface area contributed by atoms with Crippen LogP contribution in [0.3, 0.4) is 0 Å². The fourth-order valence-electron chi connectivity index (χ4n) is 3.32. The maximum absolute atomic E-state index is 11.5. The molecule has 0 radical (unpaired) electrons. The summed E-state index contributed by atoms with van der Waals surface area (Å²) in [6, 6.07) is 13.4. The number of aliphatic hydroxyl groups is 5. The molecule has 2 aromatic rings. The van der Waals surface area contributed by atoms with Crippen LogP contribution in [0.15, 0.2) is 48.5 Å². The quantitative estimate of drug-likeness (QED) is 0.341. The second kappa shape index (κ2) is 7.86. The van der Waals surface area contributed by atoms with E-state index in [4.69, 9.17) is 4.74 Å². The number of hydrogen-bond donors (Lipinski definition) is 5. The third kappa shape index (κ3) is 3.36. The molecule has 0 heterocycles. The van der Waals surface area contributed by atoms with Crippen molar-refractivity contribution in [1.82, 2.24) is 0 Å². The van der Waals surface area contributed by atoms with E-state index >= 15 is 0 Å². The third-order valence-corrected chi connectivity index (χ3v) is 5.14. The number of carbonyl (C=O) groups is 1. The topological polar surface area (TPSA) is 137 Å². The SMILES string of the molecule is COC(=O)c1ccc(-c2ccc(OC(O)C3(O)C(O)C(O)C3CO)cc2)cc1. The Balaban J connectivity index is 1.70. The van der Waals surface area contributed by atoms with E-state index in [1.54, 1.807) is 48.5 Å². The summed E-state index contributed by atoms with van der Waals surface area (Å²) >= 11 is 0. The molecule has 0 saturated heterocycles. The second-order valence-corrected chi connectivity index (χ2v) is 6.68. The van der Waals surface area contributed by atoms with Crippen molar-refractivity contribution >= 4 is 5.97 Å². The molecule has 5 atom stereocenters. The number of carbonyl (C=O) groups excluding carboxylic acids is 1. The van der Waals surface area contributed by atoms with Gasteiger partial charge >= 0.3 is 5.97 Å². The van der Waals surface area contributed by atoms with Gasteiger partial charge in [0.1, 0.15) is 11.9 Å². The molecule has 8 nitrogen and oxygen atoms in total. The Morgan fingerprint density at radius 3 is 2.11 bits per heavy atom. The average molecular weight is 390 g/mol. The minimum absolute atomic E-state index is 0.223. The molecular formula is C20H22O8. The number of benzene rings is 2. The largest absolute Gasteiger partial charge is 0.465 e. The minimum Gasteiger partial charge on any atom is -0.465 e. The number of aliphatic hydroxyl groups excluding tert-OH is 4. The van der Waals surface area contributed by atoms with Gasteiger partial charge in [0.15, 0.2) is 5.60 Å². The predicted molar refractivity (Wildman–Crippen MR) is 97.4 cm³/mol. The minimum atomic E-state index is -2.17. The zero-order valence-electron chi connectivity index (χ0n) is 15.1. The van der Waals surface area contributed by atoms with Crippen LogP contribution in [0.1, 0.15) is 10.4 Å². The monoisotopic (exact) mass is 390 g/mol. The lowest BCUT2D eigenvalue weighted by molar-refractivity contribution is -0.332. The van der Waals surface area contributed by atoms with Crippen LogP contribution in [0.5, 0.6) is 5.75 Å². The summed E-state index contributed by atoms with van der Waals surface area (Å²) in [6.45, 7) is -0.615. The highest BCUT2D eigenvalue weighted by Crippen LogP contribution is 2.42.